The highest BCUT2D eigenvalue weighted by Gasteiger charge is 2.14. The van der Waals surface area contributed by atoms with Gasteiger partial charge in [-0.3, -0.25) is 4.90 Å². The van der Waals surface area contributed by atoms with Crippen molar-refractivity contribution in [2.75, 3.05) is 20.4 Å². The molecule has 0 fully saturated rings. The second-order valence-electron chi connectivity index (χ2n) is 5.69. The van der Waals surface area contributed by atoms with Gasteiger partial charge in [0, 0.05) is 5.75 Å². The van der Waals surface area contributed by atoms with Gasteiger partial charge in [0.15, 0.2) is 5.17 Å². The van der Waals surface area contributed by atoms with Gasteiger partial charge in [0.2, 0.25) is 0 Å². The summed E-state index contributed by atoms with van der Waals surface area (Å²) >= 11 is 1.82. The normalized spacial score (nSPS) is 15.2. The van der Waals surface area contributed by atoms with Crippen LogP contribution in [0.3, 0.4) is 0 Å². The summed E-state index contributed by atoms with van der Waals surface area (Å²) in [7, 11) is 2.07. The van der Waals surface area contributed by atoms with Gasteiger partial charge in [0.05, 0.1) is 13.3 Å². The molecule has 0 radical (unpaired) electrons. The summed E-state index contributed by atoms with van der Waals surface area (Å²) in [6, 6.07) is 0. The monoisotopic (exact) mass is 327 g/mol. The molecule has 1 aliphatic heterocycles. The highest BCUT2D eigenvalue weighted by atomic mass is 35.5. The van der Waals surface area contributed by atoms with Gasteiger partial charge in [0.1, 0.15) is 0 Å². The first-order chi connectivity index (χ1) is 9.41. The number of hydrogen-bond acceptors (Lipinski definition) is 4. The molecular weight excluding hydrogens is 302 g/mol. The fourth-order valence-electron chi connectivity index (χ4n) is 2.52. The van der Waals surface area contributed by atoms with Crippen LogP contribution >= 0.6 is 24.2 Å². The highest BCUT2D eigenvalue weighted by Crippen LogP contribution is 2.29. The van der Waals surface area contributed by atoms with Crippen LogP contribution in [0.15, 0.2) is 4.99 Å². The molecule has 0 atom stereocenters. The molecule has 1 heterocycles. The molecular formula is C16H26ClN3S. The third kappa shape index (κ3) is 3.93. The Morgan fingerprint density at radius 2 is 1.52 bits per heavy atom. The zero-order valence-corrected chi connectivity index (χ0v) is 15.5. The van der Waals surface area contributed by atoms with E-state index in [9.17, 15) is 0 Å². The Labute approximate surface area is 139 Å². The van der Waals surface area contributed by atoms with Gasteiger partial charge in [-0.1, -0.05) is 11.8 Å². The predicted octanol–water partition coefficient (Wildman–Crippen LogP) is 3.69. The summed E-state index contributed by atoms with van der Waals surface area (Å²) in [6.07, 6.45) is 0. The third-order valence-electron chi connectivity index (χ3n) is 4.46. The summed E-state index contributed by atoms with van der Waals surface area (Å²) in [5.74, 6) is 0.995. The lowest BCUT2D eigenvalue weighted by molar-refractivity contribution is 0.326. The molecule has 0 amide bonds. The molecule has 0 aliphatic carbocycles. The number of nitrogens with one attached hydrogen (secondary N) is 1. The zero-order chi connectivity index (χ0) is 14.9. The molecule has 0 spiro atoms. The molecule has 2 rings (SSSR count). The van der Waals surface area contributed by atoms with E-state index in [0.29, 0.717) is 0 Å². The van der Waals surface area contributed by atoms with Crippen molar-refractivity contribution in [3.05, 3.63) is 33.4 Å². The van der Waals surface area contributed by atoms with E-state index < -0.39 is 0 Å². The summed E-state index contributed by atoms with van der Waals surface area (Å²) in [5.41, 5.74) is 8.64. The van der Waals surface area contributed by atoms with Crippen LogP contribution in [-0.4, -0.2) is 30.5 Å². The average molecular weight is 328 g/mol. The minimum atomic E-state index is 0. The van der Waals surface area contributed by atoms with Crippen molar-refractivity contribution in [1.29, 1.82) is 0 Å². The number of halogens is 1. The lowest BCUT2D eigenvalue weighted by Crippen LogP contribution is -2.39. The number of amidine groups is 1. The second-order valence-corrected chi connectivity index (χ2v) is 6.65. The summed E-state index contributed by atoms with van der Waals surface area (Å²) in [5, 5.41) is 4.42. The first-order valence-corrected chi connectivity index (χ1v) is 8.06. The Morgan fingerprint density at radius 1 is 1.00 bits per heavy atom. The third-order valence-corrected chi connectivity index (χ3v) is 5.44. The van der Waals surface area contributed by atoms with Crippen LogP contribution in [0.2, 0.25) is 0 Å². The number of hydrogen-bond donors (Lipinski definition) is 1. The van der Waals surface area contributed by atoms with Gasteiger partial charge < -0.3 is 5.32 Å². The van der Waals surface area contributed by atoms with E-state index in [1.54, 1.807) is 0 Å². The molecule has 0 saturated carbocycles. The van der Waals surface area contributed by atoms with Crippen LogP contribution in [-0.2, 0) is 5.75 Å². The van der Waals surface area contributed by atoms with E-state index >= 15 is 0 Å². The Bertz CT molecular complexity index is 526. The molecule has 0 unspecified atom stereocenters. The second kappa shape index (κ2) is 7.52. The number of benzene rings is 1. The molecule has 1 aromatic carbocycles. The molecule has 0 saturated heterocycles. The van der Waals surface area contributed by atoms with Crippen molar-refractivity contribution < 1.29 is 0 Å². The van der Waals surface area contributed by atoms with E-state index in [0.717, 1.165) is 24.3 Å². The number of thioether (sulfide) groups is 1. The van der Waals surface area contributed by atoms with E-state index in [1.165, 1.54) is 33.4 Å². The number of aliphatic imine (C=N–C) groups is 1. The maximum Gasteiger partial charge on any atom is 0.159 e. The molecule has 5 heteroatoms. The maximum absolute atomic E-state index is 4.54. The summed E-state index contributed by atoms with van der Waals surface area (Å²) in [4.78, 5) is 6.70. The van der Waals surface area contributed by atoms with E-state index in [-0.39, 0.29) is 12.4 Å². The molecule has 21 heavy (non-hydrogen) atoms. The molecule has 0 aromatic heterocycles. The van der Waals surface area contributed by atoms with Gasteiger partial charge in [-0.2, -0.15) is 0 Å². The van der Waals surface area contributed by atoms with Crippen molar-refractivity contribution in [2.45, 2.75) is 40.4 Å². The quantitative estimate of drug-likeness (QED) is 0.897. The van der Waals surface area contributed by atoms with E-state index in [2.05, 4.69) is 56.9 Å². The topological polar surface area (TPSA) is 27.6 Å². The number of nitrogens with zero attached hydrogens (tertiary/aromatic N) is 2. The van der Waals surface area contributed by atoms with E-state index in [1.807, 2.05) is 11.8 Å². The molecule has 118 valence electrons. The Balaban J connectivity index is 0.00000220. The van der Waals surface area contributed by atoms with Gasteiger partial charge in [-0.15, -0.1) is 12.4 Å². The average Bonchev–Trinajstić information content (AvgIpc) is 2.45. The molecule has 3 nitrogen and oxygen atoms in total. The standard InChI is InChI=1S/C16H25N3S.ClH/c1-10-11(2)13(4)15(14(5)12(10)3)7-20-16-17-8-19(6)9-18-16;/h7-9H2,1-6H3,(H,17,18);1H. The van der Waals surface area contributed by atoms with Crippen molar-refractivity contribution >= 4 is 29.3 Å². The van der Waals surface area contributed by atoms with Gasteiger partial charge >= 0.3 is 0 Å². The highest BCUT2D eigenvalue weighted by molar-refractivity contribution is 8.13. The van der Waals surface area contributed by atoms with Crippen LogP contribution < -0.4 is 5.32 Å². The predicted molar refractivity (Wildman–Crippen MR) is 96.7 cm³/mol. The Morgan fingerprint density at radius 3 is 2.00 bits per heavy atom. The SMILES string of the molecule is Cc1c(C)c(C)c(CSC2=NCN(C)CN2)c(C)c1C.Cl. The molecule has 1 N–H and O–H groups in total. The fourth-order valence-corrected chi connectivity index (χ4v) is 3.55. The van der Waals surface area contributed by atoms with Crippen molar-refractivity contribution in [3.63, 3.8) is 0 Å². The first-order valence-electron chi connectivity index (χ1n) is 7.07. The lowest BCUT2D eigenvalue weighted by atomic mass is 9.90. The van der Waals surface area contributed by atoms with Gasteiger partial charge in [0.25, 0.3) is 0 Å². The molecule has 1 aliphatic rings. The Kier molecular flexibility index (Phi) is 6.57. The largest absolute Gasteiger partial charge is 0.352 e. The first kappa shape index (κ1) is 18.3. The maximum atomic E-state index is 4.54. The van der Waals surface area contributed by atoms with Crippen LogP contribution in [0.4, 0.5) is 0 Å². The van der Waals surface area contributed by atoms with Crippen LogP contribution in [0.1, 0.15) is 33.4 Å². The van der Waals surface area contributed by atoms with Crippen molar-refractivity contribution in [1.82, 2.24) is 10.2 Å². The van der Waals surface area contributed by atoms with E-state index in [4.69, 9.17) is 0 Å². The minimum Gasteiger partial charge on any atom is -0.352 e. The summed E-state index contributed by atoms with van der Waals surface area (Å²) in [6.45, 7) is 12.9. The van der Waals surface area contributed by atoms with Crippen molar-refractivity contribution in [2.24, 2.45) is 4.99 Å². The number of rotatable bonds is 2. The van der Waals surface area contributed by atoms with Crippen LogP contribution in [0.25, 0.3) is 0 Å². The Hall–Kier alpha value is -0.710. The molecule has 1 aromatic rings. The lowest BCUT2D eigenvalue weighted by Gasteiger charge is -2.23. The minimum absolute atomic E-state index is 0. The van der Waals surface area contributed by atoms with Gasteiger partial charge in [-0.05, 0) is 75.0 Å². The zero-order valence-electron chi connectivity index (χ0n) is 13.8. The van der Waals surface area contributed by atoms with Crippen LogP contribution in [0, 0.1) is 34.6 Å². The molecule has 0 bridgehead atoms. The van der Waals surface area contributed by atoms with Gasteiger partial charge in [-0.25, -0.2) is 4.99 Å². The van der Waals surface area contributed by atoms with Crippen LogP contribution in [0.5, 0.6) is 0 Å². The summed E-state index contributed by atoms with van der Waals surface area (Å²) < 4.78 is 0. The smallest absolute Gasteiger partial charge is 0.159 e. The van der Waals surface area contributed by atoms with Crippen molar-refractivity contribution in [3.8, 4) is 0 Å². The fraction of sp³-hybridized carbons (Fsp3) is 0.562.